The number of imide groups is 1. The zero-order valence-electron chi connectivity index (χ0n) is 30.0. The van der Waals surface area contributed by atoms with E-state index in [1.807, 2.05) is 12.1 Å². The number of hydrogen-bond donors (Lipinski definition) is 2. The van der Waals surface area contributed by atoms with Crippen molar-refractivity contribution in [1.82, 2.24) is 29.6 Å². The van der Waals surface area contributed by atoms with Gasteiger partial charge in [-0.1, -0.05) is 36.4 Å². The van der Waals surface area contributed by atoms with Crippen molar-refractivity contribution in [3.05, 3.63) is 82.4 Å². The van der Waals surface area contributed by atoms with E-state index in [1.165, 1.54) is 12.1 Å². The molecule has 0 aliphatic carbocycles. The Morgan fingerprint density at radius 2 is 1.46 bits per heavy atom. The van der Waals surface area contributed by atoms with Crippen molar-refractivity contribution < 1.29 is 38.3 Å². The maximum absolute atomic E-state index is 13.1. The smallest absolute Gasteiger partial charge is 0.410 e. The number of aromatic nitrogens is 3. The minimum absolute atomic E-state index is 0.00184. The lowest BCUT2D eigenvalue weighted by Gasteiger charge is -2.27. The van der Waals surface area contributed by atoms with Gasteiger partial charge in [-0.25, -0.2) is 19.4 Å². The number of rotatable bonds is 10. The average Bonchev–Trinajstić information content (AvgIpc) is 3.62. The first-order valence-corrected chi connectivity index (χ1v) is 16.8. The number of nitrogens with one attached hydrogen (secondary N) is 2. The van der Waals surface area contributed by atoms with Gasteiger partial charge in [-0.2, -0.15) is 0 Å². The molecular weight excluding hydrogens is 672 g/mol. The Morgan fingerprint density at radius 3 is 2.08 bits per heavy atom. The summed E-state index contributed by atoms with van der Waals surface area (Å²) in [7, 11) is 0. The predicted molar refractivity (Wildman–Crippen MR) is 189 cm³/mol. The van der Waals surface area contributed by atoms with E-state index in [0.717, 1.165) is 5.56 Å². The summed E-state index contributed by atoms with van der Waals surface area (Å²) in [5.74, 6) is -1.65. The van der Waals surface area contributed by atoms with E-state index in [9.17, 15) is 28.8 Å². The van der Waals surface area contributed by atoms with E-state index >= 15 is 0 Å². The van der Waals surface area contributed by atoms with Gasteiger partial charge in [-0.15, -0.1) is 5.06 Å². The lowest BCUT2D eigenvalue weighted by Crippen LogP contribution is -2.38. The number of amides is 4. The second-order valence-corrected chi connectivity index (χ2v) is 14.3. The first-order chi connectivity index (χ1) is 24.5. The third-order valence-electron chi connectivity index (χ3n) is 7.63. The van der Waals surface area contributed by atoms with E-state index in [0.29, 0.717) is 52.7 Å². The number of carbonyl (C=O) groups is 5. The molecule has 2 N–H and O–H groups in total. The number of nitrogens with zero attached hydrogens (tertiary/aromatic N) is 4. The van der Waals surface area contributed by atoms with Gasteiger partial charge in [0.2, 0.25) is 5.78 Å². The quantitative estimate of drug-likeness (QED) is 0.163. The molecule has 1 aliphatic heterocycles. The van der Waals surface area contributed by atoms with Crippen LogP contribution in [0.4, 0.5) is 9.59 Å². The topological polar surface area (TPSA) is 182 Å². The van der Waals surface area contributed by atoms with Crippen LogP contribution in [0.3, 0.4) is 0 Å². The van der Waals surface area contributed by atoms with Crippen LogP contribution in [0.2, 0.25) is 0 Å². The molecular formula is C37H42N6O9. The van der Waals surface area contributed by atoms with Gasteiger partial charge in [-0.3, -0.25) is 23.8 Å². The molecule has 4 aromatic rings. The Morgan fingerprint density at radius 1 is 0.846 bits per heavy atom. The number of imidazole rings is 1. The van der Waals surface area contributed by atoms with Crippen LogP contribution in [-0.4, -0.2) is 78.6 Å². The van der Waals surface area contributed by atoms with Crippen LogP contribution in [0.25, 0.3) is 28.2 Å². The molecule has 1 saturated heterocycles. The van der Waals surface area contributed by atoms with Crippen molar-refractivity contribution in [1.29, 1.82) is 0 Å². The summed E-state index contributed by atoms with van der Waals surface area (Å²) in [5, 5.41) is 3.20. The van der Waals surface area contributed by atoms with E-state index in [2.05, 4.69) is 15.3 Å². The maximum Gasteiger partial charge on any atom is 0.410 e. The van der Waals surface area contributed by atoms with E-state index in [-0.39, 0.29) is 30.5 Å². The van der Waals surface area contributed by atoms with Crippen LogP contribution in [0.1, 0.15) is 76.7 Å². The first-order valence-electron chi connectivity index (χ1n) is 16.8. The Bertz CT molecular complexity index is 2020. The molecule has 1 fully saturated rings. The molecule has 2 aromatic heterocycles. The fourth-order valence-electron chi connectivity index (χ4n) is 5.21. The van der Waals surface area contributed by atoms with Crippen LogP contribution < -0.4 is 10.9 Å². The van der Waals surface area contributed by atoms with Gasteiger partial charge in [0.05, 0.1) is 16.8 Å². The Hall–Kier alpha value is -5.99. The largest absolute Gasteiger partial charge is 0.444 e. The number of aromatic amines is 1. The van der Waals surface area contributed by atoms with Gasteiger partial charge in [-0.05, 0) is 71.2 Å². The van der Waals surface area contributed by atoms with Crippen molar-refractivity contribution in [3.63, 3.8) is 0 Å². The standard InChI is InChI=1S/C37H42N6O9/c1-36(2,3)50-34(48)38-18-7-19-41(35(49)51-37(4,5)6)20-23-8-10-24(11-9-23)27-21-42-22-28(39-33(42)40-31(27)46)25-12-14-26(15-13-25)32(47)52-43-29(44)16-17-30(43)45/h8-15,21-22H,7,16-20H2,1-6H3,(H,38,48)(H,39,40,46). The molecule has 274 valence electrons. The van der Waals surface area contributed by atoms with E-state index < -0.39 is 41.2 Å². The van der Waals surface area contributed by atoms with Crippen LogP contribution in [0.5, 0.6) is 0 Å². The Labute approximate surface area is 299 Å². The molecule has 1 aliphatic rings. The SMILES string of the molecule is CC(C)(C)OC(=O)NCCCN(Cc1ccc(-c2cn3cc(-c4ccc(C(=O)ON5C(=O)CCC5=O)cc4)nc3[nH]c2=O)cc1)C(=O)OC(C)(C)C. The molecule has 0 unspecified atom stereocenters. The van der Waals surface area contributed by atoms with Crippen molar-refractivity contribution >= 4 is 35.7 Å². The highest BCUT2D eigenvalue weighted by Gasteiger charge is 2.33. The minimum atomic E-state index is -0.838. The molecule has 0 radical (unpaired) electrons. The molecule has 5 rings (SSSR count). The molecule has 4 amide bonds. The third kappa shape index (κ3) is 9.62. The zero-order valence-corrected chi connectivity index (χ0v) is 30.0. The second kappa shape index (κ2) is 15.1. The number of fused-ring (bicyclic) bond motifs is 1. The summed E-state index contributed by atoms with van der Waals surface area (Å²) in [6.45, 7) is 11.6. The number of alkyl carbamates (subject to hydrolysis) is 1. The fourth-order valence-corrected chi connectivity index (χ4v) is 5.21. The van der Waals surface area contributed by atoms with E-state index in [1.54, 1.807) is 87.5 Å². The van der Waals surface area contributed by atoms with Gasteiger partial charge >= 0.3 is 18.2 Å². The monoisotopic (exact) mass is 714 g/mol. The van der Waals surface area contributed by atoms with Gasteiger partial charge < -0.3 is 24.5 Å². The Kier molecular flexibility index (Phi) is 10.8. The van der Waals surface area contributed by atoms with Crippen molar-refractivity contribution in [3.8, 4) is 22.4 Å². The van der Waals surface area contributed by atoms with Crippen LogP contribution in [0, 0.1) is 0 Å². The molecule has 2 aromatic carbocycles. The summed E-state index contributed by atoms with van der Waals surface area (Å²) < 4.78 is 12.6. The maximum atomic E-state index is 13.1. The molecule has 0 spiro atoms. The number of hydroxylamine groups is 2. The minimum Gasteiger partial charge on any atom is -0.444 e. The highest BCUT2D eigenvalue weighted by Crippen LogP contribution is 2.23. The average molecular weight is 715 g/mol. The molecule has 15 heteroatoms. The predicted octanol–water partition coefficient (Wildman–Crippen LogP) is 5.23. The summed E-state index contributed by atoms with van der Waals surface area (Å²) in [6.07, 6.45) is 2.85. The van der Waals surface area contributed by atoms with Crippen LogP contribution in [0.15, 0.2) is 65.7 Å². The summed E-state index contributed by atoms with van der Waals surface area (Å²) in [5.41, 5.74) is 1.49. The highest BCUT2D eigenvalue weighted by molar-refractivity contribution is 6.02. The lowest BCUT2D eigenvalue weighted by atomic mass is 10.1. The normalized spacial score (nSPS) is 13.3. The lowest BCUT2D eigenvalue weighted by molar-refractivity contribution is -0.172. The van der Waals surface area contributed by atoms with Crippen molar-refractivity contribution in [2.75, 3.05) is 13.1 Å². The third-order valence-corrected chi connectivity index (χ3v) is 7.63. The molecule has 0 atom stereocenters. The number of H-pyrrole nitrogens is 1. The molecule has 52 heavy (non-hydrogen) atoms. The first kappa shape index (κ1) is 37.3. The van der Waals surface area contributed by atoms with Gasteiger partial charge in [0.15, 0.2) is 0 Å². The molecule has 15 nitrogen and oxygen atoms in total. The summed E-state index contributed by atoms with van der Waals surface area (Å²) in [6, 6.07) is 13.5. The van der Waals surface area contributed by atoms with Gasteiger partial charge in [0, 0.05) is 50.4 Å². The summed E-state index contributed by atoms with van der Waals surface area (Å²) >= 11 is 0. The number of benzene rings is 2. The molecule has 0 bridgehead atoms. The zero-order chi connectivity index (χ0) is 37.8. The van der Waals surface area contributed by atoms with Crippen molar-refractivity contribution in [2.24, 2.45) is 0 Å². The van der Waals surface area contributed by atoms with E-state index in [4.69, 9.17) is 14.3 Å². The van der Waals surface area contributed by atoms with Crippen molar-refractivity contribution in [2.45, 2.75) is 78.6 Å². The van der Waals surface area contributed by atoms with Gasteiger partial charge in [0.1, 0.15) is 11.2 Å². The number of ether oxygens (including phenoxy) is 2. The summed E-state index contributed by atoms with van der Waals surface area (Å²) in [4.78, 5) is 88.1. The number of hydrogen-bond acceptors (Lipinski definition) is 10. The second-order valence-electron chi connectivity index (χ2n) is 14.3. The fraction of sp³-hybridized carbons (Fsp3) is 0.378. The molecule has 0 saturated carbocycles. The van der Waals surface area contributed by atoms with Gasteiger partial charge in [0.25, 0.3) is 17.4 Å². The van der Waals surface area contributed by atoms with Crippen LogP contribution >= 0.6 is 0 Å². The highest BCUT2D eigenvalue weighted by atomic mass is 16.7. The molecule has 3 heterocycles. The number of carbonyl (C=O) groups excluding carboxylic acids is 5. The Balaban J connectivity index is 1.26. The van der Waals surface area contributed by atoms with Crippen LogP contribution in [-0.2, 0) is 30.4 Å².